The van der Waals surface area contributed by atoms with Gasteiger partial charge in [-0.2, -0.15) is 0 Å². The van der Waals surface area contributed by atoms with Crippen molar-refractivity contribution in [3.8, 4) is 17.2 Å². The fourth-order valence-electron chi connectivity index (χ4n) is 2.99. The highest BCUT2D eigenvalue weighted by Crippen LogP contribution is 2.39. The van der Waals surface area contributed by atoms with E-state index in [9.17, 15) is 4.79 Å². The Balaban J connectivity index is 1.93. The first-order chi connectivity index (χ1) is 11.6. The third kappa shape index (κ3) is 4.24. The predicted molar refractivity (Wildman–Crippen MR) is 93.2 cm³/mol. The molecule has 1 aromatic carbocycles. The molecule has 1 aliphatic rings. The molecule has 1 aliphatic heterocycles. The number of carbonyl (C=O) groups is 1. The Hall–Kier alpha value is -2.11. The van der Waals surface area contributed by atoms with Gasteiger partial charge in [-0.05, 0) is 31.2 Å². The number of piperidine rings is 1. The van der Waals surface area contributed by atoms with Gasteiger partial charge in [0.1, 0.15) is 0 Å². The minimum Gasteiger partial charge on any atom is -0.493 e. The maximum absolute atomic E-state index is 12.2. The fourth-order valence-corrected chi connectivity index (χ4v) is 2.99. The van der Waals surface area contributed by atoms with Gasteiger partial charge in [0.05, 0.1) is 21.3 Å². The van der Waals surface area contributed by atoms with Crippen LogP contribution in [0.3, 0.4) is 0 Å². The highest BCUT2D eigenvalue weighted by Gasteiger charge is 2.20. The molecule has 1 N–H and O–H groups in total. The van der Waals surface area contributed by atoms with Crippen LogP contribution in [0.4, 0.5) is 4.79 Å². The molecule has 0 saturated carbocycles. The van der Waals surface area contributed by atoms with Crippen LogP contribution >= 0.6 is 0 Å². The van der Waals surface area contributed by atoms with Gasteiger partial charge in [-0.3, -0.25) is 0 Å². The van der Waals surface area contributed by atoms with Crippen molar-refractivity contribution in [1.82, 2.24) is 10.2 Å². The van der Waals surface area contributed by atoms with E-state index >= 15 is 0 Å². The second-order valence-electron chi connectivity index (χ2n) is 6.14. The average molecular weight is 336 g/mol. The summed E-state index contributed by atoms with van der Waals surface area (Å²) in [4.78, 5) is 14.1. The van der Waals surface area contributed by atoms with Gasteiger partial charge < -0.3 is 24.4 Å². The molecular weight excluding hydrogens is 308 g/mol. The van der Waals surface area contributed by atoms with Gasteiger partial charge >= 0.3 is 6.03 Å². The molecule has 2 rings (SSSR count). The molecule has 0 aliphatic carbocycles. The monoisotopic (exact) mass is 336 g/mol. The number of nitrogens with one attached hydrogen (secondary N) is 1. The topological polar surface area (TPSA) is 60.0 Å². The molecule has 6 nitrogen and oxygen atoms in total. The quantitative estimate of drug-likeness (QED) is 0.868. The van der Waals surface area contributed by atoms with Crippen molar-refractivity contribution in [3.05, 3.63) is 17.7 Å². The van der Waals surface area contributed by atoms with Crippen molar-refractivity contribution < 1.29 is 19.0 Å². The van der Waals surface area contributed by atoms with Crippen LogP contribution in [-0.4, -0.2) is 51.9 Å². The summed E-state index contributed by atoms with van der Waals surface area (Å²) in [5, 5.41) is 2.99. The zero-order valence-electron chi connectivity index (χ0n) is 15.1. The number of benzene rings is 1. The van der Waals surface area contributed by atoms with E-state index in [1.165, 1.54) is 0 Å². The molecule has 1 saturated heterocycles. The Labute approximate surface area is 144 Å². The lowest BCUT2D eigenvalue weighted by molar-refractivity contribution is 0.174. The number of ether oxygens (including phenoxy) is 3. The van der Waals surface area contributed by atoms with Crippen molar-refractivity contribution in [1.29, 1.82) is 0 Å². The lowest BCUT2D eigenvalue weighted by Gasteiger charge is -2.30. The first kappa shape index (κ1) is 18.2. The number of amides is 2. The number of carbonyl (C=O) groups excluding carboxylic acids is 1. The lowest BCUT2D eigenvalue weighted by Crippen LogP contribution is -2.44. The third-order valence-corrected chi connectivity index (χ3v) is 4.53. The number of rotatable bonds is 6. The normalized spacial score (nSPS) is 15.1. The molecule has 0 aromatic heterocycles. The van der Waals surface area contributed by atoms with Gasteiger partial charge in [0, 0.05) is 25.2 Å². The van der Waals surface area contributed by atoms with E-state index in [1.54, 1.807) is 21.3 Å². The number of hydrogen-bond donors (Lipinski definition) is 1. The van der Waals surface area contributed by atoms with Gasteiger partial charge in [-0.1, -0.05) is 13.0 Å². The molecule has 0 bridgehead atoms. The van der Waals surface area contributed by atoms with Crippen molar-refractivity contribution >= 4 is 6.03 Å². The molecule has 0 unspecified atom stereocenters. The van der Waals surface area contributed by atoms with Crippen molar-refractivity contribution in [2.75, 3.05) is 41.0 Å². The molecule has 1 heterocycles. The van der Waals surface area contributed by atoms with Crippen molar-refractivity contribution in [2.45, 2.75) is 26.2 Å². The first-order valence-electron chi connectivity index (χ1n) is 8.41. The number of nitrogens with zero attached hydrogens (tertiary/aromatic N) is 1. The van der Waals surface area contributed by atoms with E-state index in [0.29, 0.717) is 36.1 Å². The summed E-state index contributed by atoms with van der Waals surface area (Å²) in [7, 11) is 4.79. The van der Waals surface area contributed by atoms with Gasteiger partial charge in [0.25, 0.3) is 0 Å². The van der Waals surface area contributed by atoms with Crippen LogP contribution < -0.4 is 19.5 Å². The molecule has 2 amide bonds. The summed E-state index contributed by atoms with van der Waals surface area (Å²) in [5.41, 5.74) is 0.975. The van der Waals surface area contributed by atoms with Crippen LogP contribution in [0.1, 0.15) is 25.3 Å². The summed E-state index contributed by atoms with van der Waals surface area (Å²) in [6, 6.07) is 3.81. The molecule has 134 valence electrons. The summed E-state index contributed by atoms with van der Waals surface area (Å²) in [6.07, 6.45) is 2.83. The predicted octanol–water partition coefficient (Wildman–Crippen LogP) is 2.70. The summed E-state index contributed by atoms with van der Waals surface area (Å²) in [6.45, 7) is 4.47. The first-order valence-corrected chi connectivity index (χ1v) is 8.41. The van der Waals surface area contributed by atoms with E-state index in [-0.39, 0.29) is 6.03 Å². The Morgan fingerprint density at radius 1 is 1.12 bits per heavy atom. The van der Waals surface area contributed by atoms with Crippen molar-refractivity contribution in [2.24, 2.45) is 5.92 Å². The molecule has 0 spiro atoms. The van der Waals surface area contributed by atoms with Crippen molar-refractivity contribution in [3.63, 3.8) is 0 Å². The molecule has 6 heteroatoms. The molecule has 1 fully saturated rings. The maximum Gasteiger partial charge on any atom is 0.317 e. The van der Waals surface area contributed by atoms with E-state index < -0.39 is 0 Å². The Morgan fingerprint density at radius 2 is 1.79 bits per heavy atom. The van der Waals surface area contributed by atoms with Crippen LogP contribution in [0, 0.1) is 5.92 Å². The standard InChI is InChI=1S/C18H28N2O4/c1-13-8-11-20(12-9-13)18(21)19-10-7-14-5-6-15(22-2)17(24-4)16(14)23-3/h5-6,13H,7-12H2,1-4H3,(H,19,21). The van der Waals surface area contributed by atoms with Crippen LogP contribution in [0.2, 0.25) is 0 Å². The Bertz CT molecular complexity index is 554. The minimum atomic E-state index is 0.0151. The number of methoxy groups -OCH3 is 3. The number of likely N-dealkylation sites (tertiary alicyclic amines) is 1. The fraction of sp³-hybridized carbons (Fsp3) is 0.611. The lowest BCUT2D eigenvalue weighted by atomic mass is 10.00. The van der Waals surface area contributed by atoms with Crippen LogP contribution in [0.15, 0.2) is 12.1 Å². The van der Waals surface area contributed by atoms with Crippen LogP contribution in [-0.2, 0) is 6.42 Å². The number of hydrogen-bond acceptors (Lipinski definition) is 4. The number of urea groups is 1. The zero-order valence-corrected chi connectivity index (χ0v) is 15.1. The third-order valence-electron chi connectivity index (χ3n) is 4.53. The van der Waals surface area contributed by atoms with E-state index in [2.05, 4.69) is 12.2 Å². The van der Waals surface area contributed by atoms with Gasteiger partial charge in [-0.25, -0.2) is 4.79 Å². The second-order valence-corrected chi connectivity index (χ2v) is 6.14. The van der Waals surface area contributed by atoms with Crippen LogP contribution in [0.25, 0.3) is 0 Å². The maximum atomic E-state index is 12.2. The minimum absolute atomic E-state index is 0.0151. The Kier molecular flexibility index (Phi) is 6.58. The van der Waals surface area contributed by atoms with E-state index in [4.69, 9.17) is 14.2 Å². The van der Waals surface area contributed by atoms with E-state index in [1.807, 2.05) is 17.0 Å². The van der Waals surface area contributed by atoms with Crippen LogP contribution in [0.5, 0.6) is 17.2 Å². The average Bonchev–Trinajstić information content (AvgIpc) is 2.61. The smallest absolute Gasteiger partial charge is 0.317 e. The zero-order chi connectivity index (χ0) is 17.5. The Morgan fingerprint density at radius 3 is 2.38 bits per heavy atom. The highest BCUT2D eigenvalue weighted by molar-refractivity contribution is 5.74. The SMILES string of the molecule is COc1ccc(CCNC(=O)N2CCC(C)CC2)c(OC)c1OC. The molecule has 0 atom stereocenters. The molecule has 0 radical (unpaired) electrons. The molecular formula is C18H28N2O4. The second kappa shape index (κ2) is 8.66. The van der Waals surface area contributed by atoms with Gasteiger partial charge in [0.2, 0.25) is 5.75 Å². The van der Waals surface area contributed by atoms with Gasteiger partial charge in [0.15, 0.2) is 11.5 Å². The van der Waals surface area contributed by atoms with E-state index in [0.717, 1.165) is 31.5 Å². The summed E-state index contributed by atoms with van der Waals surface area (Å²) >= 11 is 0. The molecule has 1 aromatic rings. The highest BCUT2D eigenvalue weighted by atomic mass is 16.5. The largest absolute Gasteiger partial charge is 0.493 e. The van der Waals surface area contributed by atoms with Gasteiger partial charge in [-0.15, -0.1) is 0 Å². The summed E-state index contributed by atoms with van der Waals surface area (Å²) in [5.74, 6) is 2.57. The molecule has 24 heavy (non-hydrogen) atoms. The summed E-state index contributed by atoms with van der Waals surface area (Å²) < 4.78 is 16.1.